The number of nitrogens with one attached hydrogen (secondary N) is 2. The quantitative estimate of drug-likeness (QED) is 0.612. The fourth-order valence-electron chi connectivity index (χ4n) is 5.54. The maximum Gasteiger partial charge on any atom is 0.142 e. The highest BCUT2D eigenvalue weighted by atomic mass is 15.2. The molecule has 5 nitrogen and oxygen atoms in total. The summed E-state index contributed by atoms with van der Waals surface area (Å²) in [5.41, 5.74) is 0.928. The van der Waals surface area contributed by atoms with Crippen LogP contribution in [0.25, 0.3) is 11.0 Å². The smallest absolute Gasteiger partial charge is 0.142 e. The van der Waals surface area contributed by atoms with Crippen molar-refractivity contribution in [2.45, 2.75) is 91.1 Å². The monoisotopic (exact) mass is 427 g/mol. The molecule has 2 heterocycles. The molecule has 0 saturated heterocycles. The minimum absolute atomic E-state index is 0.609. The van der Waals surface area contributed by atoms with Gasteiger partial charge in [0, 0.05) is 25.3 Å². The lowest BCUT2D eigenvalue weighted by Gasteiger charge is -2.36. The molecular weight excluding hydrogens is 382 g/mol. The summed E-state index contributed by atoms with van der Waals surface area (Å²) in [5.74, 6) is 4.67. The molecule has 0 amide bonds. The van der Waals surface area contributed by atoms with Crippen molar-refractivity contribution in [3.8, 4) is 0 Å². The van der Waals surface area contributed by atoms with Crippen LogP contribution in [-0.2, 0) is 0 Å². The van der Waals surface area contributed by atoms with Crippen LogP contribution in [-0.4, -0.2) is 41.1 Å². The second kappa shape index (κ2) is 11.3. The number of aromatic nitrogens is 3. The van der Waals surface area contributed by atoms with Crippen LogP contribution < -0.4 is 10.2 Å². The summed E-state index contributed by atoms with van der Waals surface area (Å²) in [6, 6.07) is 3.49. The molecule has 2 aliphatic carbocycles. The van der Waals surface area contributed by atoms with E-state index in [4.69, 9.17) is 0 Å². The Morgan fingerprint density at radius 2 is 1.48 bits per heavy atom. The maximum atomic E-state index is 4.50. The molecule has 0 unspecified atom stereocenters. The molecule has 2 N–H and O–H groups in total. The Balaban J connectivity index is 0.000000210. The van der Waals surface area contributed by atoms with E-state index in [9.17, 15) is 0 Å². The molecular formula is C26H45N5. The van der Waals surface area contributed by atoms with Crippen molar-refractivity contribution in [1.29, 1.82) is 0 Å². The SMILES string of the molecule is CC(C)C1CCC(N(C)c2ncnc3[nH]ccc23)CC1.CNC1CCC(C(C)C)CC1. The van der Waals surface area contributed by atoms with Crippen LogP contribution in [0.4, 0.5) is 5.82 Å². The third kappa shape index (κ3) is 6.21. The standard InChI is InChI=1S/C16H24N4.C10H21N/c1-11(2)12-4-6-13(7-5-12)20(3)16-14-8-9-17-15(14)18-10-19-16;1-8(2)9-4-6-10(11-3)7-5-9/h8-13H,4-7H2,1-3H3,(H,17,18,19);8-11H,4-7H2,1-3H3. The van der Waals surface area contributed by atoms with Gasteiger partial charge in [-0.1, -0.05) is 27.7 Å². The molecule has 2 aromatic heterocycles. The van der Waals surface area contributed by atoms with Crippen LogP contribution >= 0.6 is 0 Å². The highest BCUT2D eigenvalue weighted by Gasteiger charge is 2.27. The van der Waals surface area contributed by atoms with Gasteiger partial charge in [-0.3, -0.25) is 0 Å². The fraction of sp³-hybridized carbons (Fsp3) is 0.769. The summed E-state index contributed by atoms with van der Waals surface area (Å²) < 4.78 is 0. The first kappa shape index (κ1) is 24.0. The van der Waals surface area contributed by atoms with Crippen molar-refractivity contribution in [3.05, 3.63) is 18.6 Å². The molecule has 0 radical (unpaired) electrons. The van der Waals surface area contributed by atoms with Crippen molar-refractivity contribution in [3.63, 3.8) is 0 Å². The Morgan fingerprint density at radius 1 is 0.903 bits per heavy atom. The van der Waals surface area contributed by atoms with E-state index in [1.54, 1.807) is 6.33 Å². The molecule has 0 atom stereocenters. The summed E-state index contributed by atoms with van der Waals surface area (Å²) in [7, 11) is 4.26. The van der Waals surface area contributed by atoms with Gasteiger partial charge in [0.1, 0.15) is 17.8 Å². The van der Waals surface area contributed by atoms with Crippen LogP contribution in [0.3, 0.4) is 0 Å². The highest BCUT2D eigenvalue weighted by Crippen LogP contribution is 2.34. The third-order valence-corrected chi connectivity index (χ3v) is 8.02. The zero-order valence-electron chi connectivity index (χ0n) is 20.7. The summed E-state index contributed by atoms with van der Waals surface area (Å²) in [6.45, 7) is 9.40. The van der Waals surface area contributed by atoms with E-state index in [2.05, 4.69) is 73.0 Å². The number of fused-ring (bicyclic) bond motifs is 1. The van der Waals surface area contributed by atoms with Crippen LogP contribution in [0.1, 0.15) is 79.1 Å². The average molecular weight is 428 g/mol. The van der Waals surface area contributed by atoms with Crippen molar-refractivity contribution in [1.82, 2.24) is 20.3 Å². The van der Waals surface area contributed by atoms with Gasteiger partial charge >= 0.3 is 0 Å². The molecule has 2 aromatic rings. The highest BCUT2D eigenvalue weighted by molar-refractivity contribution is 5.87. The summed E-state index contributed by atoms with van der Waals surface area (Å²) >= 11 is 0. The molecule has 0 aliphatic heterocycles. The predicted octanol–water partition coefficient (Wildman–Crippen LogP) is 6.03. The molecule has 31 heavy (non-hydrogen) atoms. The van der Waals surface area contributed by atoms with Gasteiger partial charge in [0.2, 0.25) is 0 Å². The molecule has 0 aromatic carbocycles. The molecule has 2 saturated carbocycles. The average Bonchev–Trinajstić information content (AvgIpc) is 3.28. The predicted molar refractivity (Wildman–Crippen MR) is 133 cm³/mol. The topological polar surface area (TPSA) is 56.8 Å². The number of aromatic amines is 1. The van der Waals surface area contributed by atoms with Gasteiger partial charge < -0.3 is 15.2 Å². The lowest BCUT2D eigenvalue weighted by atomic mass is 9.79. The molecule has 2 fully saturated rings. The van der Waals surface area contributed by atoms with E-state index >= 15 is 0 Å². The van der Waals surface area contributed by atoms with E-state index in [1.807, 2.05) is 6.20 Å². The molecule has 174 valence electrons. The summed E-state index contributed by atoms with van der Waals surface area (Å²) in [6.07, 6.45) is 14.5. The van der Waals surface area contributed by atoms with Gasteiger partial charge in [-0.15, -0.1) is 0 Å². The van der Waals surface area contributed by atoms with E-state index < -0.39 is 0 Å². The minimum atomic E-state index is 0.609. The second-order valence-corrected chi connectivity index (χ2v) is 10.5. The number of anilines is 1. The Kier molecular flexibility index (Phi) is 8.76. The summed E-state index contributed by atoms with van der Waals surface area (Å²) in [5, 5.41) is 4.49. The number of nitrogens with zero attached hydrogens (tertiary/aromatic N) is 3. The Labute approximate surface area is 189 Å². The van der Waals surface area contributed by atoms with Gasteiger partial charge in [0.05, 0.1) is 5.39 Å². The normalized spacial score (nSPS) is 26.7. The molecule has 0 bridgehead atoms. The van der Waals surface area contributed by atoms with Gasteiger partial charge in [0.15, 0.2) is 0 Å². The fourth-order valence-corrected chi connectivity index (χ4v) is 5.54. The van der Waals surface area contributed by atoms with Crippen LogP contribution in [0.5, 0.6) is 0 Å². The van der Waals surface area contributed by atoms with Crippen molar-refractivity contribution >= 4 is 16.9 Å². The summed E-state index contributed by atoms with van der Waals surface area (Å²) in [4.78, 5) is 14.3. The second-order valence-electron chi connectivity index (χ2n) is 10.5. The van der Waals surface area contributed by atoms with Crippen LogP contribution in [0.15, 0.2) is 18.6 Å². The number of rotatable bonds is 5. The lowest BCUT2D eigenvalue weighted by molar-refractivity contribution is 0.244. The number of hydrogen-bond acceptors (Lipinski definition) is 4. The van der Waals surface area contributed by atoms with Crippen LogP contribution in [0, 0.1) is 23.7 Å². The van der Waals surface area contributed by atoms with E-state index in [1.165, 1.54) is 51.4 Å². The maximum absolute atomic E-state index is 4.50. The van der Waals surface area contributed by atoms with E-state index in [-0.39, 0.29) is 0 Å². The lowest BCUT2D eigenvalue weighted by Crippen LogP contribution is -2.36. The molecule has 5 heteroatoms. The van der Waals surface area contributed by atoms with Crippen LogP contribution in [0.2, 0.25) is 0 Å². The van der Waals surface area contributed by atoms with Gasteiger partial charge in [0.25, 0.3) is 0 Å². The van der Waals surface area contributed by atoms with Crippen molar-refractivity contribution in [2.75, 3.05) is 19.0 Å². The largest absolute Gasteiger partial charge is 0.356 e. The Hall–Kier alpha value is -1.62. The Morgan fingerprint density at radius 3 is 2.03 bits per heavy atom. The Bertz CT molecular complexity index is 767. The van der Waals surface area contributed by atoms with E-state index in [0.29, 0.717) is 6.04 Å². The van der Waals surface area contributed by atoms with Crippen molar-refractivity contribution in [2.24, 2.45) is 23.7 Å². The third-order valence-electron chi connectivity index (χ3n) is 8.02. The first-order valence-corrected chi connectivity index (χ1v) is 12.6. The minimum Gasteiger partial charge on any atom is -0.356 e. The van der Waals surface area contributed by atoms with E-state index in [0.717, 1.165) is 46.6 Å². The van der Waals surface area contributed by atoms with Gasteiger partial charge in [-0.25, -0.2) is 9.97 Å². The molecule has 2 aliphatic rings. The van der Waals surface area contributed by atoms with Gasteiger partial charge in [-0.05, 0) is 88.2 Å². The first-order valence-electron chi connectivity index (χ1n) is 12.6. The van der Waals surface area contributed by atoms with Crippen molar-refractivity contribution < 1.29 is 0 Å². The zero-order valence-corrected chi connectivity index (χ0v) is 20.7. The zero-order chi connectivity index (χ0) is 22.4. The first-order chi connectivity index (χ1) is 14.9. The number of H-pyrrole nitrogens is 1. The number of hydrogen-bond donors (Lipinski definition) is 2. The van der Waals surface area contributed by atoms with Gasteiger partial charge in [-0.2, -0.15) is 0 Å². The molecule has 0 spiro atoms. The molecule has 4 rings (SSSR count).